The Kier molecular flexibility index (Phi) is 2.68. The van der Waals surface area contributed by atoms with Gasteiger partial charge < -0.3 is 10.3 Å². The van der Waals surface area contributed by atoms with Crippen LogP contribution in [0.5, 0.6) is 0 Å². The highest BCUT2D eigenvalue weighted by Gasteiger charge is 2.19. The van der Waals surface area contributed by atoms with Crippen molar-refractivity contribution in [3.05, 3.63) is 59.5 Å². The van der Waals surface area contributed by atoms with Crippen molar-refractivity contribution in [2.45, 2.75) is 0 Å². The largest absolute Gasteiger partial charge is 0.622 e. The van der Waals surface area contributed by atoms with Crippen molar-refractivity contribution in [2.24, 2.45) is 0 Å². The molecule has 1 N–H and O–H groups in total. The Morgan fingerprint density at radius 3 is 2.67 bits per heavy atom. The quantitative estimate of drug-likeness (QED) is 0.589. The summed E-state index contributed by atoms with van der Waals surface area (Å²) in [6.07, 6.45) is 5.14. The number of benzene rings is 1. The molecule has 0 unspecified atom stereocenters. The first kappa shape index (κ1) is 10.1. The highest BCUT2D eigenvalue weighted by atomic mass is 16.5. The maximum absolute atomic E-state index is 12.4. The third-order valence-electron chi connectivity index (χ3n) is 2.46. The number of hydroxylamine groups is 2. The molecule has 0 fully saturated rings. The number of rotatable bonds is 2. The van der Waals surface area contributed by atoms with Crippen molar-refractivity contribution in [3.63, 3.8) is 0 Å². The summed E-state index contributed by atoms with van der Waals surface area (Å²) < 4.78 is -0.521. The van der Waals surface area contributed by atoms with Gasteiger partial charge in [0.1, 0.15) is 18.4 Å². The Morgan fingerprint density at radius 1 is 1.27 bits per heavy atom. The van der Waals surface area contributed by atoms with E-state index in [4.69, 9.17) is 5.11 Å². The summed E-state index contributed by atoms with van der Waals surface area (Å²) in [4.78, 5) is 0. The first-order chi connectivity index (χ1) is 7.24. The number of para-hydroxylation sites is 1. The van der Waals surface area contributed by atoms with Crippen molar-refractivity contribution in [2.75, 3.05) is 13.2 Å². The van der Waals surface area contributed by atoms with Gasteiger partial charge in [0.15, 0.2) is 0 Å². The van der Waals surface area contributed by atoms with Gasteiger partial charge in [0.2, 0.25) is 0 Å². The van der Waals surface area contributed by atoms with Crippen LogP contribution in [-0.2, 0) is 0 Å². The lowest BCUT2D eigenvalue weighted by Gasteiger charge is -2.39. The third kappa shape index (κ3) is 1.99. The molecular weight excluding hydrogens is 190 g/mol. The van der Waals surface area contributed by atoms with Crippen LogP contribution < -0.4 is 4.65 Å². The van der Waals surface area contributed by atoms with Gasteiger partial charge in [-0.05, 0) is 24.3 Å². The average molecular weight is 203 g/mol. The van der Waals surface area contributed by atoms with E-state index in [0.29, 0.717) is 17.8 Å². The molecule has 2 rings (SSSR count). The standard InChI is InChI=1S/C12H13NO2/c14-10-11-5-4-8-13(15,9-11)12-6-2-1-3-7-12/h1-7,9,14H,8,10H2/t13-/m0/s1. The molecule has 0 aliphatic carbocycles. The van der Waals surface area contributed by atoms with Crippen LogP contribution in [-0.4, -0.2) is 18.3 Å². The van der Waals surface area contributed by atoms with Gasteiger partial charge >= 0.3 is 0 Å². The van der Waals surface area contributed by atoms with Crippen LogP contribution in [0.2, 0.25) is 0 Å². The SMILES string of the molecule is [O-][N@+]1(c2ccccc2)C=C(CO)C=CC1. The molecule has 78 valence electrons. The lowest BCUT2D eigenvalue weighted by molar-refractivity contribution is 0.330. The Labute approximate surface area is 88.7 Å². The third-order valence-corrected chi connectivity index (χ3v) is 2.46. The van der Waals surface area contributed by atoms with E-state index in [2.05, 4.69) is 0 Å². The monoisotopic (exact) mass is 203 g/mol. The normalized spacial score (nSPS) is 25.1. The van der Waals surface area contributed by atoms with Crippen LogP contribution in [0.25, 0.3) is 0 Å². The molecule has 0 aromatic heterocycles. The van der Waals surface area contributed by atoms with E-state index in [1.54, 1.807) is 30.5 Å². The lowest BCUT2D eigenvalue weighted by atomic mass is 10.2. The van der Waals surface area contributed by atoms with E-state index < -0.39 is 4.65 Å². The van der Waals surface area contributed by atoms with Gasteiger partial charge in [-0.15, -0.1) is 0 Å². The molecule has 1 heterocycles. The summed E-state index contributed by atoms with van der Waals surface area (Å²) in [6.45, 7) is 0.291. The maximum atomic E-state index is 12.4. The van der Waals surface area contributed by atoms with Gasteiger partial charge in [0.25, 0.3) is 0 Å². The van der Waals surface area contributed by atoms with E-state index >= 15 is 0 Å². The lowest BCUT2D eigenvalue weighted by Crippen LogP contribution is -2.39. The molecule has 3 heteroatoms. The Morgan fingerprint density at radius 2 is 2.00 bits per heavy atom. The molecule has 0 saturated carbocycles. The summed E-state index contributed by atoms with van der Waals surface area (Å²) in [6, 6.07) is 9.18. The fraction of sp³-hybridized carbons (Fsp3) is 0.167. The number of quaternary nitrogens is 1. The Balaban J connectivity index is 2.36. The minimum Gasteiger partial charge on any atom is -0.622 e. The second-order valence-electron chi connectivity index (χ2n) is 3.58. The average Bonchev–Trinajstić information content (AvgIpc) is 2.30. The van der Waals surface area contributed by atoms with Gasteiger partial charge in [-0.1, -0.05) is 18.2 Å². The summed E-state index contributed by atoms with van der Waals surface area (Å²) in [5.41, 5.74) is 1.35. The highest BCUT2D eigenvalue weighted by molar-refractivity contribution is 5.49. The van der Waals surface area contributed by atoms with Crippen molar-refractivity contribution in [3.8, 4) is 0 Å². The van der Waals surface area contributed by atoms with Crippen LogP contribution in [0.15, 0.2) is 54.3 Å². The molecule has 1 aromatic carbocycles. The van der Waals surface area contributed by atoms with E-state index in [9.17, 15) is 5.21 Å². The van der Waals surface area contributed by atoms with Crippen LogP contribution in [0.1, 0.15) is 0 Å². The predicted molar refractivity (Wildman–Crippen MR) is 60.8 cm³/mol. The first-order valence-corrected chi connectivity index (χ1v) is 4.88. The topological polar surface area (TPSA) is 43.3 Å². The van der Waals surface area contributed by atoms with E-state index in [1.807, 2.05) is 18.2 Å². The van der Waals surface area contributed by atoms with Crippen LogP contribution in [0, 0.1) is 5.21 Å². The number of nitrogens with zero attached hydrogens (tertiary/aromatic N) is 1. The van der Waals surface area contributed by atoms with Crippen molar-refractivity contribution >= 4 is 5.69 Å². The Bertz CT molecular complexity index is 397. The fourth-order valence-corrected chi connectivity index (χ4v) is 1.68. The number of hydrogen-bond donors (Lipinski definition) is 1. The summed E-state index contributed by atoms with van der Waals surface area (Å²) in [7, 11) is 0. The van der Waals surface area contributed by atoms with Crippen molar-refractivity contribution in [1.29, 1.82) is 0 Å². The van der Waals surface area contributed by atoms with Gasteiger partial charge in [-0.2, -0.15) is 0 Å². The summed E-state index contributed by atoms with van der Waals surface area (Å²) >= 11 is 0. The van der Waals surface area contributed by atoms with Crippen LogP contribution >= 0.6 is 0 Å². The molecule has 0 amide bonds. The summed E-state index contributed by atoms with van der Waals surface area (Å²) in [5.74, 6) is 0. The minimum atomic E-state index is -0.521. The molecule has 0 spiro atoms. The minimum absolute atomic E-state index is 0.0917. The van der Waals surface area contributed by atoms with E-state index in [0.717, 1.165) is 0 Å². The van der Waals surface area contributed by atoms with Gasteiger partial charge in [0, 0.05) is 5.57 Å². The maximum Gasteiger partial charge on any atom is 0.137 e. The smallest absolute Gasteiger partial charge is 0.137 e. The molecule has 0 radical (unpaired) electrons. The zero-order valence-corrected chi connectivity index (χ0v) is 8.34. The number of aliphatic hydroxyl groups excluding tert-OH is 1. The van der Waals surface area contributed by atoms with E-state index in [1.165, 1.54) is 0 Å². The Hall–Kier alpha value is -1.42. The zero-order valence-electron chi connectivity index (χ0n) is 8.34. The predicted octanol–water partition coefficient (Wildman–Crippen LogP) is 1.94. The molecule has 1 aliphatic rings. The van der Waals surface area contributed by atoms with Gasteiger partial charge in [-0.25, -0.2) is 0 Å². The molecule has 0 bridgehead atoms. The fourth-order valence-electron chi connectivity index (χ4n) is 1.68. The highest BCUT2D eigenvalue weighted by Crippen LogP contribution is 2.25. The van der Waals surface area contributed by atoms with E-state index in [-0.39, 0.29) is 6.61 Å². The summed E-state index contributed by atoms with van der Waals surface area (Å²) in [5, 5.41) is 21.4. The van der Waals surface area contributed by atoms with Crippen LogP contribution in [0.3, 0.4) is 0 Å². The van der Waals surface area contributed by atoms with Crippen molar-refractivity contribution < 1.29 is 5.11 Å². The molecule has 15 heavy (non-hydrogen) atoms. The zero-order chi connectivity index (χ0) is 10.7. The molecule has 1 aromatic rings. The molecule has 3 nitrogen and oxygen atoms in total. The molecule has 1 aliphatic heterocycles. The molecule has 1 atom stereocenters. The first-order valence-electron chi connectivity index (χ1n) is 4.88. The number of aliphatic hydroxyl groups is 1. The van der Waals surface area contributed by atoms with Crippen molar-refractivity contribution in [1.82, 2.24) is 4.65 Å². The van der Waals surface area contributed by atoms with Crippen LogP contribution in [0.4, 0.5) is 5.69 Å². The molecule has 0 saturated heterocycles. The second-order valence-corrected chi connectivity index (χ2v) is 3.58. The number of hydrogen-bond acceptors (Lipinski definition) is 2. The molecular formula is C12H13NO2. The van der Waals surface area contributed by atoms with Gasteiger partial charge in [0.05, 0.1) is 6.61 Å². The second kappa shape index (κ2) is 3.98. The van der Waals surface area contributed by atoms with Gasteiger partial charge in [-0.3, -0.25) is 4.65 Å².